The van der Waals surface area contributed by atoms with Crippen LogP contribution < -0.4 is 4.74 Å². The molecule has 1 saturated heterocycles. The molecule has 0 saturated carbocycles. The van der Waals surface area contributed by atoms with Crippen LogP contribution in [0.25, 0.3) is 0 Å². The van der Waals surface area contributed by atoms with Crippen molar-refractivity contribution in [3.8, 4) is 5.75 Å². The molecular weight excluding hydrogens is 266 g/mol. The maximum Gasteiger partial charge on any atom is 0.338 e. The maximum absolute atomic E-state index is 11.5. The molecule has 2 aliphatic rings. The fraction of sp³-hybridized carbons (Fsp3) is 0.588. The summed E-state index contributed by atoms with van der Waals surface area (Å²) in [6.45, 7) is 10.2. The lowest BCUT2D eigenvalue weighted by Crippen LogP contribution is -2.50. The van der Waals surface area contributed by atoms with Gasteiger partial charge in [0.2, 0.25) is 0 Å². The van der Waals surface area contributed by atoms with E-state index >= 15 is 0 Å². The van der Waals surface area contributed by atoms with E-state index in [9.17, 15) is 4.79 Å². The van der Waals surface area contributed by atoms with Crippen LogP contribution in [0.3, 0.4) is 0 Å². The number of carbonyl (C=O) groups excluding carboxylic acids is 1. The summed E-state index contributed by atoms with van der Waals surface area (Å²) in [6, 6.07) is 5.64. The zero-order valence-corrected chi connectivity index (χ0v) is 13.0. The van der Waals surface area contributed by atoms with E-state index in [1.165, 1.54) is 0 Å². The molecule has 0 radical (unpaired) electrons. The van der Waals surface area contributed by atoms with E-state index in [1.54, 1.807) is 0 Å². The van der Waals surface area contributed by atoms with Crippen LogP contribution in [-0.2, 0) is 11.3 Å². The second-order valence-electron chi connectivity index (χ2n) is 6.63. The molecule has 114 valence electrons. The summed E-state index contributed by atoms with van der Waals surface area (Å²) in [5, 5.41) is 0. The number of esters is 1. The molecule has 0 aromatic heterocycles. The average molecular weight is 289 g/mol. The van der Waals surface area contributed by atoms with Gasteiger partial charge in [-0.3, -0.25) is 4.90 Å². The van der Waals surface area contributed by atoms with Crippen molar-refractivity contribution in [3.63, 3.8) is 0 Å². The molecular formula is C17H23NO3. The van der Waals surface area contributed by atoms with Crippen LogP contribution in [0, 0.1) is 5.41 Å². The van der Waals surface area contributed by atoms with Gasteiger partial charge in [-0.2, -0.15) is 0 Å². The number of ether oxygens (including phenoxy) is 2. The third kappa shape index (κ3) is 2.77. The Morgan fingerprint density at radius 2 is 2.24 bits per heavy atom. The zero-order valence-electron chi connectivity index (χ0n) is 13.0. The van der Waals surface area contributed by atoms with E-state index in [0.29, 0.717) is 12.2 Å². The lowest BCUT2D eigenvalue weighted by molar-refractivity contribution is -0.00667. The molecule has 0 spiro atoms. The Balaban J connectivity index is 1.77. The van der Waals surface area contributed by atoms with Gasteiger partial charge in [-0.25, -0.2) is 4.79 Å². The molecule has 4 heteroatoms. The van der Waals surface area contributed by atoms with Crippen molar-refractivity contribution in [1.29, 1.82) is 0 Å². The predicted octanol–water partition coefficient (Wildman–Crippen LogP) is 2.86. The Labute approximate surface area is 126 Å². The van der Waals surface area contributed by atoms with Gasteiger partial charge in [-0.1, -0.05) is 20.8 Å². The minimum absolute atomic E-state index is 0.164. The Hall–Kier alpha value is -1.55. The molecule has 0 bridgehead atoms. The van der Waals surface area contributed by atoms with Gasteiger partial charge in [0.05, 0.1) is 5.56 Å². The van der Waals surface area contributed by atoms with Crippen molar-refractivity contribution in [1.82, 2.24) is 4.90 Å². The molecule has 1 unspecified atom stereocenters. The van der Waals surface area contributed by atoms with Crippen LogP contribution in [0.5, 0.6) is 5.75 Å². The van der Waals surface area contributed by atoms with Crippen LogP contribution in [0.4, 0.5) is 0 Å². The van der Waals surface area contributed by atoms with Gasteiger partial charge in [0.15, 0.2) is 0 Å². The van der Waals surface area contributed by atoms with Gasteiger partial charge in [0.1, 0.15) is 18.5 Å². The third-order valence-corrected chi connectivity index (χ3v) is 4.75. The van der Waals surface area contributed by atoms with Gasteiger partial charge >= 0.3 is 5.97 Å². The standard InChI is InChI=1S/C17H23NO3/c1-4-18-8-7-17(2,3)15(10-18)21-13-5-6-14-12(9-13)11-20-16(14)19/h5-6,9,15H,4,7-8,10-11H2,1-3H3. The highest BCUT2D eigenvalue weighted by Gasteiger charge is 2.37. The van der Waals surface area contributed by atoms with Crippen molar-refractivity contribution in [3.05, 3.63) is 29.3 Å². The van der Waals surface area contributed by atoms with E-state index in [4.69, 9.17) is 9.47 Å². The van der Waals surface area contributed by atoms with Crippen molar-refractivity contribution < 1.29 is 14.3 Å². The number of hydrogen-bond acceptors (Lipinski definition) is 4. The monoisotopic (exact) mass is 289 g/mol. The lowest BCUT2D eigenvalue weighted by atomic mass is 9.80. The maximum atomic E-state index is 11.5. The van der Waals surface area contributed by atoms with Crippen molar-refractivity contribution >= 4 is 5.97 Å². The molecule has 3 rings (SSSR count). The van der Waals surface area contributed by atoms with E-state index < -0.39 is 0 Å². The minimum Gasteiger partial charge on any atom is -0.489 e. The number of benzene rings is 1. The van der Waals surface area contributed by atoms with Crippen LogP contribution in [0.15, 0.2) is 18.2 Å². The Kier molecular flexibility index (Phi) is 3.66. The van der Waals surface area contributed by atoms with E-state index in [0.717, 1.165) is 37.4 Å². The van der Waals surface area contributed by atoms with Gasteiger partial charge in [-0.05, 0) is 37.7 Å². The minimum atomic E-state index is -0.230. The molecule has 4 nitrogen and oxygen atoms in total. The highest BCUT2D eigenvalue weighted by molar-refractivity contribution is 5.93. The number of likely N-dealkylation sites (tertiary alicyclic amines) is 1. The Morgan fingerprint density at radius 1 is 1.43 bits per heavy atom. The summed E-state index contributed by atoms with van der Waals surface area (Å²) in [7, 11) is 0. The molecule has 1 atom stereocenters. The average Bonchev–Trinajstić information content (AvgIpc) is 2.82. The van der Waals surface area contributed by atoms with E-state index in [2.05, 4.69) is 25.7 Å². The van der Waals surface area contributed by atoms with Gasteiger partial charge in [0, 0.05) is 17.5 Å². The largest absolute Gasteiger partial charge is 0.489 e. The van der Waals surface area contributed by atoms with Gasteiger partial charge < -0.3 is 9.47 Å². The first-order valence-electron chi connectivity index (χ1n) is 7.68. The highest BCUT2D eigenvalue weighted by atomic mass is 16.5. The number of nitrogens with zero attached hydrogens (tertiary/aromatic N) is 1. The summed E-state index contributed by atoms with van der Waals surface area (Å²) in [6.07, 6.45) is 1.31. The highest BCUT2D eigenvalue weighted by Crippen LogP contribution is 2.34. The summed E-state index contributed by atoms with van der Waals surface area (Å²) in [5.41, 5.74) is 1.76. The first-order valence-corrected chi connectivity index (χ1v) is 7.68. The number of carbonyl (C=O) groups is 1. The number of likely N-dealkylation sites (N-methyl/N-ethyl adjacent to an activating group) is 1. The van der Waals surface area contributed by atoms with Crippen molar-refractivity contribution in [2.75, 3.05) is 19.6 Å². The SMILES string of the molecule is CCN1CCC(C)(C)C(Oc2ccc3c(c2)COC3=O)C1. The number of cyclic esters (lactones) is 1. The number of rotatable bonds is 3. The molecule has 2 heterocycles. The summed E-state index contributed by atoms with van der Waals surface area (Å²) in [5.74, 6) is 0.606. The Morgan fingerprint density at radius 3 is 3.00 bits per heavy atom. The van der Waals surface area contributed by atoms with Crippen molar-refractivity contribution in [2.24, 2.45) is 5.41 Å². The molecule has 1 fully saturated rings. The van der Waals surface area contributed by atoms with Gasteiger partial charge in [-0.15, -0.1) is 0 Å². The first kappa shape index (κ1) is 14.4. The second kappa shape index (κ2) is 5.34. The molecule has 0 N–H and O–H groups in total. The molecule has 2 aliphatic heterocycles. The molecule has 1 aromatic carbocycles. The molecule has 21 heavy (non-hydrogen) atoms. The molecule has 0 aliphatic carbocycles. The smallest absolute Gasteiger partial charge is 0.338 e. The molecule has 1 aromatic rings. The quantitative estimate of drug-likeness (QED) is 0.802. The summed E-state index contributed by atoms with van der Waals surface area (Å²) < 4.78 is 11.3. The van der Waals surface area contributed by atoms with Crippen LogP contribution in [-0.4, -0.2) is 36.6 Å². The zero-order chi connectivity index (χ0) is 15.0. The fourth-order valence-electron chi connectivity index (χ4n) is 3.01. The topological polar surface area (TPSA) is 38.8 Å². The number of piperidine rings is 1. The summed E-state index contributed by atoms with van der Waals surface area (Å²) >= 11 is 0. The van der Waals surface area contributed by atoms with Crippen LogP contribution in [0.1, 0.15) is 43.1 Å². The second-order valence-corrected chi connectivity index (χ2v) is 6.63. The van der Waals surface area contributed by atoms with Crippen molar-refractivity contribution in [2.45, 2.75) is 39.9 Å². The molecule has 0 amide bonds. The predicted molar refractivity (Wildman–Crippen MR) is 80.5 cm³/mol. The van der Waals surface area contributed by atoms with Crippen LogP contribution in [0.2, 0.25) is 0 Å². The van der Waals surface area contributed by atoms with Crippen LogP contribution >= 0.6 is 0 Å². The van der Waals surface area contributed by atoms with E-state index in [1.807, 2.05) is 18.2 Å². The fourth-order valence-corrected chi connectivity index (χ4v) is 3.01. The lowest BCUT2D eigenvalue weighted by Gasteiger charge is -2.43. The normalized spacial score (nSPS) is 24.5. The van der Waals surface area contributed by atoms with E-state index in [-0.39, 0.29) is 17.5 Å². The number of fused-ring (bicyclic) bond motifs is 1. The van der Waals surface area contributed by atoms with Gasteiger partial charge in [0.25, 0.3) is 0 Å². The Bertz CT molecular complexity index is 553. The first-order chi connectivity index (χ1) is 9.99. The summed E-state index contributed by atoms with van der Waals surface area (Å²) in [4.78, 5) is 13.9. The number of hydrogen-bond donors (Lipinski definition) is 0. The third-order valence-electron chi connectivity index (χ3n) is 4.75.